The summed E-state index contributed by atoms with van der Waals surface area (Å²) in [6.07, 6.45) is -2.86. The minimum Gasteiger partial charge on any atom is -0.385 e. The number of ether oxygens (including phenoxy) is 1. The van der Waals surface area contributed by atoms with Crippen molar-refractivity contribution in [3.05, 3.63) is 12.2 Å². The monoisotopic (exact) mass is 216 g/mol. The topological polar surface area (TPSA) is 87.0 Å². The summed E-state index contributed by atoms with van der Waals surface area (Å²) in [6, 6.07) is 0. The molecule has 1 rings (SSSR count). The predicted octanol–water partition coefficient (Wildman–Crippen LogP) is -0.792. The van der Waals surface area contributed by atoms with Gasteiger partial charge in [0.25, 0.3) is 0 Å². The van der Waals surface area contributed by atoms with Crippen molar-refractivity contribution >= 4 is 5.78 Å². The number of hydrogen-bond donors (Lipinski definition) is 3. The van der Waals surface area contributed by atoms with Crippen LogP contribution in [0.25, 0.3) is 0 Å². The Morgan fingerprint density at radius 3 is 2.67 bits per heavy atom. The molecule has 0 heterocycles. The fourth-order valence-corrected chi connectivity index (χ4v) is 1.92. The first-order valence-corrected chi connectivity index (χ1v) is 4.65. The van der Waals surface area contributed by atoms with E-state index in [0.29, 0.717) is 5.57 Å². The molecule has 15 heavy (non-hydrogen) atoms. The third-order valence-corrected chi connectivity index (χ3v) is 2.92. The molecule has 1 fully saturated rings. The van der Waals surface area contributed by atoms with Gasteiger partial charge in [0.15, 0.2) is 12.1 Å². The maximum atomic E-state index is 11.5. The summed E-state index contributed by atoms with van der Waals surface area (Å²) >= 11 is 0. The maximum Gasteiger partial charge on any atom is 0.172 e. The highest BCUT2D eigenvalue weighted by atomic mass is 16.6. The van der Waals surface area contributed by atoms with E-state index >= 15 is 0 Å². The van der Waals surface area contributed by atoms with Crippen LogP contribution < -0.4 is 0 Å². The van der Waals surface area contributed by atoms with Crippen molar-refractivity contribution in [2.75, 3.05) is 7.11 Å². The largest absolute Gasteiger partial charge is 0.385 e. The van der Waals surface area contributed by atoms with Crippen molar-refractivity contribution in [1.29, 1.82) is 0 Å². The van der Waals surface area contributed by atoms with Gasteiger partial charge >= 0.3 is 0 Å². The van der Waals surface area contributed by atoms with Crippen molar-refractivity contribution < 1.29 is 24.9 Å². The number of aliphatic hydroxyl groups is 3. The van der Waals surface area contributed by atoms with Crippen molar-refractivity contribution in [1.82, 2.24) is 0 Å². The smallest absolute Gasteiger partial charge is 0.172 e. The number of carbonyl (C=O) groups is 1. The number of rotatable bonds is 3. The first kappa shape index (κ1) is 12.3. The SMILES string of the molecule is C=C(C)C1(O)CC(O)C(=O)C1C(O)OC. The minimum absolute atomic E-state index is 0.147. The molecule has 0 aliphatic heterocycles. The Morgan fingerprint density at radius 2 is 2.27 bits per heavy atom. The summed E-state index contributed by atoms with van der Waals surface area (Å²) < 4.78 is 4.62. The fourth-order valence-electron chi connectivity index (χ4n) is 1.92. The highest BCUT2D eigenvalue weighted by Crippen LogP contribution is 2.40. The van der Waals surface area contributed by atoms with E-state index in [1.54, 1.807) is 6.92 Å². The van der Waals surface area contributed by atoms with E-state index < -0.39 is 29.7 Å². The van der Waals surface area contributed by atoms with Gasteiger partial charge in [0.05, 0.1) is 0 Å². The van der Waals surface area contributed by atoms with E-state index in [-0.39, 0.29) is 6.42 Å². The molecule has 4 unspecified atom stereocenters. The fraction of sp³-hybridized carbons (Fsp3) is 0.700. The highest BCUT2D eigenvalue weighted by Gasteiger charge is 2.55. The van der Waals surface area contributed by atoms with Crippen LogP contribution >= 0.6 is 0 Å². The van der Waals surface area contributed by atoms with Gasteiger partial charge in [-0.2, -0.15) is 0 Å². The molecule has 3 N–H and O–H groups in total. The predicted molar refractivity (Wildman–Crippen MR) is 51.9 cm³/mol. The Hall–Kier alpha value is -0.750. The first-order chi connectivity index (χ1) is 6.84. The highest BCUT2D eigenvalue weighted by molar-refractivity contribution is 5.90. The molecule has 1 aliphatic carbocycles. The van der Waals surface area contributed by atoms with Crippen LogP contribution in [0, 0.1) is 5.92 Å². The van der Waals surface area contributed by atoms with Gasteiger partial charge in [0.2, 0.25) is 0 Å². The summed E-state index contributed by atoms with van der Waals surface area (Å²) in [5.41, 5.74) is -1.26. The zero-order valence-corrected chi connectivity index (χ0v) is 8.80. The standard InChI is InChI=1S/C10H16O5/c1-5(2)10(14)4-6(11)8(12)7(10)9(13)15-3/h6-7,9,11,13-14H,1,4H2,2-3H3. The van der Waals surface area contributed by atoms with E-state index in [2.05, 4.69) is 11.3 Å². The van der Waals surface area contributed by atoms with E-state index in [1.807, 2.05) is 0 Å². The number of methoxy groups -OCH3 is 1. The zero-order chi connectivity index (χ0) is 11.8. The van der Waals surface area contributed by atoms with Gasteiger partial charge in [-0.3, -0.25) is 4.79 Å². The van der Waals surface area contributed by atoms with Crippen LogP contribution in [-0.2, 0) is 9.53 Å². The van der Waals surface area contributed by atoms with Gasteiger partial charge in [-0.15, -0.1) is 0 Å². The molecule has 0 saturated heterocycles. The summed E-state index contributed by atoms with van der Waals surface area (Å²) in [5, 5.41) is 29.0. The van der Waals surface area contributed by atoms with Gasteiger partial charge < -0.3 is 20.1 Å². The van der Waals surface area contributed by atoms with Crippen molar-refractivity contribution in [2.45, 2.75) is 31.3 Å². The second kappa shape index (κ2) is 4.02. The van der Waals surface area contributed by atoms with Gasteiger partial charge in [0.1, 0.15) is 17.6 Å². The van der Waals surface area contributed by atoms with Gasteiger partial charge in [-0.25, -0.2) is 0 Å². The van der Waals surface area contributed by atoms with Crippen LogP contribution in [0.4, 0.5) is 0 Å². The quantitative estimate of drug-likeness (QED) is 0.425. The lowest BCUT2D eigenvalue weighted by Gasteiger charge is -2.31. The minimum atomic E-state index is -1.59. The molecule has 0 amide bonds. The van der Waals surface area contributed by atoms with E-state index in [9.17, 15) is 20.1 Å². The molecule has 0 spiro atoms. The molecule has 0 bridgehead atoms. The average molecular weight is 216 g/mol. The van der Waals surface area contributed by atoms with Crippen LogP contribution in [0.5, 0.6) is 0 Å². The molecule has 0 aromatic heterocycles. The summed E-state index contributed by atoms with van der Waals surface area (Å²) in [5.74, 6) is -1.79. The van der Waals surface area contributed by atoms with E-state index in [0.717, 1.165) is 0 Å². The molecule has 5 heteroatoms. The van der Waals surface area contributed by atoms with Crippen LogP contribution in [0.15, 0.2) is 12.2 Å². The Labute approximate surface area is 88.0 Å². The van der Waals surface area contributed by atoms with Crippen molar-refractivity contribution in [3.8, 4) is 0 Å². The molecule has 86 valence electrons. The molecular formula is C10H16O5. The second-order valence-corrected chi connectivity index (χ2v) is 3.93. The maximum absolute atomic E-state index is 11.5. The summed E-state index contributed by atoms with van der Waals surface area (Å²) in [6.45, 7) is 5.11. The number of ketones is 1. The third-order valence-electron chi connectivity index (χ3n) is 2.92. The number of aliphatic hydroxyl groups excluding tert-OH is 2. The lowest BCUT2D eigenvalue weighted by Crippen LogP contribution is -2.44. The van der Waals surface area contributed by atoms with Crippen molar-refractivity contribution in [3.63, 3.8) is 0 Å². The van der Waals surface area contributed by atoms with Crippen molar-refractivity contribution in [2.24, 2.45) is 5.92 Å². The van der Waals surface area contributed by atoms with Crippen LogP contribution in [0.2, 0.25) is 0 Å². The lowest BCUT2D eigenvalue weighted by molar-refractivity contribution is -0.164. The lowest BCUT2D eigenvalue weighted by atomic mass is 9.84. The Balaban J connectivity index is 3.07. The molecule has 0 aromatic carbocycles. The van der Waals surface area contributed by atoms with Crippen LogP contribution in [0.1, 0.15) is 13.3 Å². The van der Waals surface area contributed by atoms with Gasteiger partial charge in [0, 0.05) is 13.5 Å². The average Bonchev–Trinajstić information content (AvgIpc) is 2.38. The van der Waals surface area contributed by atoms with Crippen LogP contribution in [0.3, 0.4) is 0 Å². The first-order valence-electron chi connectivity index (χ1n) is 4.65. The molecular weight excluding hydrogens is 200 g/mol. The molecule has 1 aliphatic rings. The summed E-state index contributed by atoms with van der Waals surface area (Å²) in [7, 11) is 1.22. The van der Waals surface area contributed by atoms with Gasteiger partial charge in [-0.1, -0.05) is 6.58 Å². The molecule has 1 saturated carbocycles. The number of Topliss-reactive ketones (excluding diaryl/α,β-unsaturated/α-hetero) is 1. The Bertz CT molecular complexity index is 288. The molecule has 0 radical (unpaired) electrons. The summed E-state index contributed by atoms with van der Waals surface area (Å²) in [4.78, 5) is 11.5. The Morgan fingerprint density at radius 1 is 1.73 bits per heavy atom. The normalized spacial score (nSPS) is 38.1. The number of hydrogen-bond acceptors (Lipinski definition) is 5. The van der Waals surface area contributed by atoms with E-state index in [4.69, 9.17) is 0 Å². The van der Waals surface area contributed by atoms with E-state index in [1.165, 1.54) is 7.11 Å². The van der Waals surface area contributed by atoms with Gasteiger partial charge in [-0.05, 0) is 12.5 Å². The molecule has 4 atom stereocenters. The molecule has 5 nitrogen and oxygen atoms in total. The van der Waals surface area contributed by atoms with Crippen LogP contribution in [-0.4, -0.2) is 46.2 Å². The zero-order valence-electron chi connectivity index (χ0n) is 8.80. The third kappa shape index (κ3) is 1.83. The number of carbonyl (C=O) groups excluding carboxylic acids is 1. The second-order valence-electron chi connectivity index (χ2n) is 3.93. The molecule has 0 aromatic rings. The Kier molecular flexibility index (Phi) is 3.30.